The second-order valence-corrected chi connectivity index (χ2v) is 10.3. The van der Waals surface area contributed by atoms with E-state index in [0.717, 1.165) is 5.57 Å². The molecule has 0 radical (unpaired) electrons. The minimum Gasteiger partial charge on any atom is -0.481 e. The largest absolute Gasteiger partial charge is 0.481 e. The van der Waals surface area contributed by atoms with Crippen LogP contribution in [0.4, 0.5) is 0 Å². The van der Waals surface area contributed by atoms with E-state index in [-0.39, 0.29) is 31.6 Å². The van der Waals surface area contributed by atoms with E-state index in [1.807, 2.05) is 13.8 Å². The predicted octanol–water partition coefficient (Wildman–Crippen LogP) is -0.386. The number of nitrogens with two attached hydrogens (primary N) is 1. The van der Waals surface area contributed by atoms with Gasteiger partial charge in [-0.3, -0.25) is 33.6 Å². The highest BCUT2D eigenvalue weighted by molar-refractivity contribution is 5.95. The van der Waals surface area contributed by atoms with Gasteiger partial charge >= 0.3 is 5.97 Å². The summed E-state index contributed by atoms with van der Waals surface area (Å²) in [6.45, 7) is 9.77. The smallest absolute Gasteiger partial charge is 0.303 e. The first kappa shape index (κ1) is 37.0. The van der Waals surface area contributed by atoms with Gasteiger partial charge in [-0.2, -0.15) is 0 Å². The van der Waals surface area contributed by atoms with E-state index in [4.69, 9.17) is 10.8 Å². The van der Waals surface area contributed by atoms with Crippen molar-refractivity contribution in [2.45, 2.75) is 104 Å². The average Bonchev–Trinajstić information content (AvgIpc) is 2.87. The van der Waals surface area contributed by atoms with Crippen molar-refractivity contribution in [3.05, 3.63) is 11.6 Å². The molecule has 0 bridgehead atoms. The van der Waals surface area contributed by atoms with Gasteiger partial charge in [0, 0.05) is 13.3 Å². The molecule has 232 valence electrons. The summed E-state index contributed by atoms with van der Waals surface area (Å²) in [4.78, 5) is 85.5. The van der Waals surface area contributed by atoms with Gasteiger partial charge in [-0.05, 0) is 45.4 Å². The van der Waals surface area contributed by atoms with Crippen LogP contribution in [-0.2, 0) is 33.6 Å². The Morgan fingerprint density at radius 3 is 1.85 bits per heavy atom. The average molecular weight is 583 g/mol. The summed E-state index contributed by atoms with van der Waals surface area (Å²) < 4.78 is 0. The molecule has 41 heavy (non-hydrogen) atoms. The molecule has 0 saturated heterocycles. The highest BCUT2D eigenvalue weighted by Crippen LogP contribution is 2.08. The van der Waals surface area contributed by atoms with Crippen LogP contribution in [0, 0.1) is 5.92 Å². The standard InChI is InChI=1S/C27H46N6O8/c1-7-9-18(32-27(41)21(30-17(6)34)13-16(5)8-2)25(39)29-14-22(35)31-19(10-11-23(36)37)26(40)33-20(24(28)38)12-15(3)4/h8,15,18-21H,7,9-14H2,1-6H3,(H2,28,38)(H,29,39)(H,30,34)(H,31,35)(H,32,41)(H,33,40)(H,36,37)/b16-8+. The van der Waals surface area contributed by atoms with Crippen molar-refractivity contribution in [1.29, 1.82) is 0 Å². The van der Waals surface area contributed by atoms with Crippen LogP contribution in [0.2, 0.25) is 0 Å². The van der Waals surface area contributed by atoms with Crippen molar-refractivity contribution in [3.63, 3.8) is 0 Å². The van der Waals surface area contributed by atoms with Gasteiger partial charge in [0.2, 0.25) is 35.4 Å². The molecule has 0 aromatic heterocycles. The van der Waals surface area contributed by atoms with E-state index in [1.54, 1.807) is 26.8 Å². The fourth-order valence-electron chi connectivity index (χ4n) is 3.79. The molecule has 0 aromatic carbocycles. The molecule has 14 nitrogen and oxygen atoms in total. The lowest BCUT2D eigenvalue weighted by molar-refractivity contribution is -0.138. The summed E-state index contributed by atoms with van der Waals surface area (Å²) in [5, 5.41) is 21.5. The van der Waals surface area contributed by atoms with E-state index in [1.165, 1.54) is 6.92 Å². The number of hydrogen-bond donors (Lipinski definition) is 7. The fraction of sp³-hybridized carbons (Fsp3) is 0.667. The molecule has 0 aliphatic carbocycles. The Balaban J connectivity index is 5.40. The van der Waals surface area contributed by atoms with Crippen molar-refractivity contribution in [3.8, 4) is 0 Å². The van der Waals surface area contributed by atoms with Gasteiger partial charge in [-0.25, -0.2) is 0 Å². The Morgan fingerprint density at radius 2 is 1.37 bits per heavy atom. The van der Waals surface area contributed by atoms with Crippen LogP contribution >= 0.6 is 0 Å². The maximum atomic E-state index is 12.9. The summed E-state index contributed by atoms with van der Waals surface area (Å²) in [5.74, 6) is -5.14. The van der Waals surface area contributed by atoms with Crippen LogP contribution in [0.1, 0.15) is 80.1 Å². The predicted molar refractivity (Wildman–Crippen MR) is 151 cm³/mol. The zero-order chi connectivity index (χ0) is 31.7. The van der Waals surface area contributed by atoms with E-state index >= 15 is 0 Å². The van der Waals surface area contributed by atoms with Gasteiger partial charge in [0.05, 0.1) is 6.54 Å². The maximum Gasteiger partial charge on any atom is 0.303 e. The third kappa shape index (κ3) is 16.0. The lowest BCUT2D eigenvalue weighted by atomic mass is 10.0. The molecule has 8 N–H and O–H groups in total. The highest BCUT2D eigenvalue weighted by Gasteiger charge is 2.28. The van der Waals surface area contributed by atoms with Gasteiger partial charge in [-0.15, -0.1) is 0 Å². The maximum absolute atomic E-state index is 12.9. The Bertz CT molecular complexity index is 981. The van der Waals surface area contributed by atoms with Crippen molar-refractivity contribution >= 4 is 41.4 Å². The molecule has 4 unspecified atom stereocenters. The van der Waals surface area contributed by atoms with Crippen molar-refractivity contribution in [1.82, 2.24) is 26.6 Å². The SMILES string of the molecule is C/C=C(\C)CC(NC(C)=O)C(=O)NC(CCC)C(=O)NCC(=O)NC(CCC(=O)O)C(=O)NC(CC(C)C)C(N)=O. The van der Waals surface area contributed by atoms with Gasteiger partial charge in [-0.1, -0.05) is 38.8 Å². The van der Waals surface area contributed by atoms with E-state index in [9.17, 15) is 33.6 Å². The van der Waals surface area contributed by atoms with Crippen LogP contribution in [0.3, 0.4) is 0 Å². The number of carbonyl (C=O) groups is 7. The Labute approximate surface area is 241 Å². The van der Waals surface area contributed by atoms with Crippen LogP contribution in [0.15, 0.2) is 11.6 Å². The van der Waals surface area contributed by atoms with Crippen LogP contribution < -0.4 is 32.3 Å². The van der Waals surface area contributed by atoms with Gasteiger partial charge in [0.25, 0.3) is 0 Å². The number of allylic oxidation sites excluding steroid dienone is 1. The fourth-order valence-corrected chi connectivity index (χ4v) is 3.79. The number of carboxylic acids is 1. The number of primary amides is 1. The normalized spacial score (nSPS) is 14.2. The Kier molecular flexibility index (Phi) is 17.3. The second kappa shape index (κ2) is 19.2. The lowest BCUT2D eigenvalue weighted by Crippen LogP contribution is -2.56. The summed E-state index contributed by atoms with van der Waals surface area (Å²) >= 11 is 0. The first-order valence-corrected chi connectivity index (χ1v) is 13.7. The molecular formula is C27H46N6O8. The number of nitrogens with one attached hydrogen (secondary N) is 5. The monoisotopic (exact) mass is 582 g/mol. The molecular weight excluding hydrogens is 536 g/mol. The molecule has 0 saturated carbocycles. The molecule has 0 fully saturated rings. The molecule has 0 rings (SSSR count). The summed E-state index contributed by atoms with van der Waals surface area (Å²) in [7, 11) is 0. The zero-order valence-corrected chi connectivity index (χ0v) is 24.8. The topological polar surface area (TPSA) is 226 Å². The minimum absolute atomic E-state index is 0.0206. The number of hydrogen-bond acceptors (Lipinski definition) is 7. The molecule has 4 atom stereocenters. The highest BCUT2D eigenvalue weighted by atomic mass is 16.4. The minimum atomic E-state index is -1.30. The van der Waals surface area contributed by atoms with Gasteiger partial charge < -0.3 is 37.4 Å². The molecule has 0 heterocycles. The first-order chi connectivity index (χ1) is 19.1. The Hall–Kier alpha value is -3.97. The molecule has 0 aromatic rings. The number of carbonyl (C=O) groups excluding carboxylic acids is 6. The third-order valence-electron chi connectivity index (χ3n) is 6.01. The van der Waals surface area contributed by atoms with Crippen LogP contribution in [0.5, 0.6) is 0 Å². The van der Waals surface area contributed by atoms with Crippen molar-refractivity contribution in [2.24, 2.45) is 11.7 Å². The third-order valence-corrected chi connectivity index (χ3v) is 6.01. The molecule has 6 amide bonds. The zero-order valence-electron chi connectivity index (χ0n) is 24.8. The quantitative estimate of drug-likeness (QED) is 0.0991. The first-order valence-electron chi connectivity index (χ1n) is 13.7. The van der Waals surface area contributed by atoms with E-state index in [0.29, 0.717) is 6.42 Å². The van der Waals surface area contributed by atoms with Crippen molar-refractivity contribution < 1.29 is 38.7 Å². The molecule has 14 heteroatoms. The lowest BCUT2D eigenvalue weighted by Gasteiger charge is -2.24. The summed E-state index contributed by atoms with van der Waals surface area (Å²) in [6, 6.07) is -4.21. The van der Waals surface area contributed by atoms with Crippen molar-refractivity contribution in [2.75, 3.05) is 6.54 Å². The number of rotatable bonds is 19. The van der Waals surface area contributed by atoms with Gasteiger partial charge in [0.15, 0.2) is 0 Å². The number of aliphatic carboxylic acids is 1. The molecule has 0 aliphatic heterocycles. The van der Waals surface area contributed by atoms with Crippen LogP contribution in [0.25, 0.3) is 0 Å². The van der Waals surface area contributed by atoms with E-state index < -0.39 is 78.5 Å². The summed E-state index contributed by atoms with van der Waals surface area (Å²) in [5.41, 5.74) is 6.22. The number of amides is 6. The second-order valence-electron chi connectivity index (χ2n) is 10.3. The van der Waals surface area contributed by atoms with E-state index in [2.05, 4.69) is 26.6 Å². The molecule has 0 spiro atoms. The summed E-state index contributed by atoms with van der Waals surface area (Å²) in [6.07, 6.45) is 2.37. The number of carboxylic acid groups (broad SMARTS) is 1. The van der Waals surface area contributed by atoms with Crippen LogP contribution in [-0.4, -0.2) is 77.2 Å². The molecule has 0 aliphatic rings. The van der Waals surface area contributed by atoms with Gasteiger partial charge in [0.1, 0.15) is 24.2 Å². The Morgan fingerprint density at radius 1 is 0.805 bits per heavy atom.